The Balaban J connectivity index is 0.000000281. The van der Waals surface area contributed by atoms with E-state index in [4.69, 9.17) is 62.1 Å². The Labute approximate surface area is 634 Å². The Morgan fingerprint density at radius 1 is 0.491 bits per heavy atom. The Morgan fingerprint density at radius 2 is 0.972 bits per heavy atom. The van der Waals surface area contributed by atoms with Crippen molar-refractivity contribution in [3.63, 3.8) is 0 Å². The van der Waals surface area contributed by atoms with Gasteiger partial charge in [0.2, 0.25) is 0 Å². The molecule has 23 heteroatoms. The van der Waals surface area contributed by atoms with Crippen molar-refractivity contribution in [3.8, 4) is 6.07 Å². The van der Waals surface area contributed by atoms with Crippen molar-refractivity contribution >= 4 is 59.7 Å². The minimum absolute atomic E-state index is 0.109. The van der Waals surface area contributed by atoms with Crippen molar-refractivity contribution in [1.29, 1.82) is 5.26 Å². The normalized spacial score (nSPS) is 31.3. The third-order valence-electron chi connectivity index (χ3n) is 24.2. The fourth-order valence-corrected chi connectivity index (χ4v) is 14.6. The van der Waals surface area contributed by atoms with E-state index >= 15 is 0 Å². The van der Waals surface area contributed by atoms with Gasteiger partial charge in [-0.1, -0.05) is 55.4 Å². The van der Waals surface area contributed by atoms with Gasteiger partial charge in [-0.3, -0.25) is 33.6 Å². The molecule has 2 bridgehead atoms. The number of fused-ring (bicyclic) bond motifs is 3. The number of nitrogens with zero attached hydrogens (tertiary/aromatic N) is 1. The summed E-state index contributed by atoms with van der Waals surface area (Å²) >= 11 is 0. The maximum atomic E-state index is 12.6. The predicted octanol–water partition coefficient (Wildman–Crippen LogP) is 15.8. The van der Waals surface area contributed by atoms with E-state index < -0.39 is 80.2 Å². The van der Waals surface area contributed by atoms with Gasteiger partial charge in [0, 0.05) is 39.9 Å². The summed E-state index contributed by atoms with van der Waals surface area (Å²) in [5.74, 6) is -2.16. The van der Waals surface area contributed by atoms with Crippen LogP contribution in [0.3, 0.4) is 0 Å². The summed E-state index contributed by atoms with van der Waals surface area (Å²) in [4.78, 5) is 122. The monoisotopic (exact) mass is 1500 g/mol. The summed E-state index contributed by atoms with van der Waals surface area (Å²) in [6, 6.07) is 1.92. The van der Waals surface area contributed by atoms with Crippen molar-refractivity contribution in [2.75, 3.05) is 20.8 Å². The van der Waals surface area contributed by atoms with Crippen LogP contribution in [0.5, 0.6) is 0 Å². The number of methoxy groups -OCH3 is 2. The summed E-state index contributed by atoms with van der Waals surface area (Å²) in [6.07, 6.45) is 16.4. The molecule has 106 heavy (non-hydrogen) atoms. The van der Waals surface area contributed by atoms with Gasteiger partial charge in [-0.2, -0.15) is 5.26 Å². The van der Waals surface area contributed by atoms with E-state index in [0.29, 0.717) is 94.8 Å². The number of carbonyl (C=O) groups is 10. The molecule has 5 saturated heterocycles. The van der Waals surface area contributed by atoms with Gasteiger partial charge in [-0.05, 0) is 255 Å². The average molecular weight is 1500 g/mol. The summed E-state index contributed by atoms with van der Waals surface area (Å²) in [6.45, 7) is 42.0. The first-order valence-electron chi connectivity index (χ1n) is 39.7. The molecule has 0 aromatic rings. The van der Waals surface area contributed by atoms with Crippen LogP contribution in [0.15, 0.2) is 0 Å². The number of nitriles is 1. The molecule has 0 aromatic heterocycles. The first-order chi connectivity index (χ1) is 49.1. The fraction of sp³-hybridized carbons (Fsp3) is 0.867. The maximum Gasteiger partial charge on any atom is 0.348 e. The number of carbonyl (C=O) groups excluding carboxylic acids is 10. The predicted molar refractivity (Wildman–Crippen MR) is 396 cm³/mol. The number of hydrogen-bond donors (Lipinski definition) is 0. The highest BCUT2D eigenvalue weighted by atomic mass is 16.6. The Kier molecular flexibility index (Phi) is 33.7. The van der Waals surface area contributed by atoms with Crippen LogP contribution < -0.4 is 0 Å². The number of cyclic esters (lactones) is 3. The summed E-state index contributed by atoms with van der Waals surface area (Å²) in [7, 11) is 3.04. The van der Waals surface area contributed by atoms with E-state index in [1.807, 2.05) is 138 Å². The summed E-state index contributed by atoms with van der Waals surface area (Å²) in [5, 5.41) is 9.02. The number of ether oxygens (including phenoxy) is 12. The molecule has 8 rings (SSSR count). The second kappa shape index (κ2) is 38.6. The molecule has 0 radical (unpaired) electrons. The van der Waals surface area contributed by atoms with Crippen LogP contribution in [0, 0.1) is 68.0 Å². The van der Waals surface area contributed by atoms with Crippen molar-refractivity contribution < 1.29 is 105 Å². The first kappa shape index (κ1) is 92.5. The maximum absolute atomic E-state index is 12.6. The standard InChI is InChI=1S/C19H30O5.C18H30O4.C16H28O5.C15H23NO4.C15H26O4/c1-4-18(2,12-22-3)17(21)23-15-6-5-9-19(24-16(15)20)11-13-7-8-14(19)10-13;1-5-17(3,4)16(20)21-14-7-6-10-18(22-15(14)19)11-8-13(2)9-12-18;1-7-15(3,4)14(18)20-11-9-12(19-6)13(17)21-16(5,8-2)10-11;1-6-14(2,3)13(18)19-11-7-10(9-16)12(17)20-15(4,5)8-11;1-7-14(3,4)13(17)18-11-8-12(16)19-15(5,6)9-10(11)2/h13-15H,4-12H2,1-3H3;13-14H,5-12H2,1-4H3;11-12H,7-10H2,1-6H3;10-11H,6-8H2,1-5H3;10-11H,7-9H2,1-6H3. The lowest BCUT2D eigenvalue weighted by atomic mass is 9.77. The van der Waals surface area contributed by atoms with Gasteiger partial charge in [-0.25, -0.2) is 14.4 Å². The number of rotatable bonds is 19. The minimum atomic E-state index is -0.876. The highest BCUT2D eigenvalue weighted by molar-refractivity contribution is 5.84. The van der Waals surface area contributed by atoms with Crippen molar-refractivity contribution in [1.82, 2.24) is 0 Å². The summed E-state index contributed by atoms with van der Waals surface area (Å²) in [5.41, 5.74) is -5.28. The van der Waals surface area contributed by atoms with Crippen LogP contribution in [-0.2, 0) is 105 Å². The molecule has 0 aromatic carbocycles. The molecule has 5 aliphatic heterocycles. The molecular formula is C83H137NO22. The van der Waals surface area contributed by atoms with Crippen molar-refractivity contribution in [2.45, 2.75) is 384 Å². The highest BCUT2D eigenvalue weighted by Crippen LogP contribution is 2.56. The van der Waals surface area contributed by atoms with Gasteiger partial charge in [-0.15, -0.1) is 0 Å². The van der Waals surface area contributed by atoms with Crippen molar-refractivity contribution in [3.05, 3.63) is 0 Å². The van der Waals surface area contributed by atoms with E-state index in [1.165, 1.54) is 26.4 Å². The molecule has 606 valence electrons. The van der Waals surface area contributed by atoms with Crippen LogP contribution in [0.1, 0.15) is 319 Å². The lowest BCUT2D eigenvalue weighted by Gasteiger charge is -2.38. The minimum Gasteiger partial charge on any atom is -0.462 e. The Morgan fingerprint density at radius 3 is 1.44 bits per heavy atom. The highest BCUT2D eigenvalue weighted by Gasteiger charge is 2.56. The Bertz CT molecular complexity index is 3020. The van der Waals surface area contributed by atoms with Crippen LogP contribution >= 0.6 is 0 Å². The lowest BCUT2D eigenvalue weighted by Crippen LogP contribution is -2.43. The van der Waals surface area contributed by atoms with Gasteiger partial charge in [0.25, 0.3) is 0 Å². The SMILES string of the molecule is CCC(C)(C)C(=O)OC1CC(=O)OC(C)(C)CC1C.CCC(C)(C)C(=O)OC1CC(C#N)C(=O)OC(C)(C)C1.CCC(C)(C)C(=O)OC1CCCC2(CCC(C)CC2)OC1=O.CCC(C)(COC)C(=O)OC1CCCC2(CC3CCC2C3)OC1=O.CCC1(C)CC(OC(=O)C(C)(C)CC)CC(OC)C(=O)O1. The fourth-order valence-electron chi connectivity index (χ4n) is 14.6. The van der Waals surface area contributed by atoms with E-state index in [2.05, 4.69) is 6.92 Å². The smallest absolute Gasteiger partial charge is 0.348 e. The van der Waals surface area contributed by atoms with Gasteiger partial charge in [0.1, 0.15) is 52.2 Å². The van der Waals surface area contributed by atoms with Crippen LogP contribution in [0.2, 0.25) is 0 Å². The molecule has 8 fully saturated rings. The van der Waals surface area contributed by atoms with Crippen LogP contribution in [-0.4, -0.2) is 145 Å². The average Bonchev–Trinajstić information content (AvgIpc) is 1.60. The molecule has 0 N–H and O–H groups in total. The topological polar surface area (TPSA) is 305 Å². The lowest BCUT2D eigenvalue weighted by molar-refractivity contribution is -0.185. The molecule has 8 aliphatic rings. The van der Waals surface area contributed by atoms with Gasteiger partial charge < -0.3 is 56.8 Å². The van der Waals surface area contributed by atoms with Gasteiger partial charge >= 0.3 is 59.7 Å². The molecule has 0 amide bonds. The molecule has 3 aliphatic carbocycles. The molecule has 5 heterocycles. The van der Waals surface area contributed by atoms with Crippen LogP contribution in [0.4, 0.5) is 0 Å². The van der Waals surface area contributed by atoms with Crippen molar-refractivity contribution in [2.24, 2.45) is 56.7 Å². The third-order valence-corrected chi connectivity index (χ3v) is 24.2. The zero-order valence-electron chi connectivity index (χ0n) is 69.4. The Hall–Kier alpha value is -5.89. The largest absolute Gasteiger partial charge is 0.462 e. The van der Waals surface area contributed by atoms with E-state index in [0.717, 1.165) is 57.8 Å². The third kappa shape index (κ3) is 26.1. The zero-order valence-corrected chi connectivity index (χ0v) is 69.4. The summed E-state index contributed by atoms with van der Waals surface area (Å²) < 4.78 is 66.1. The molecule has 13 atom stereocenters. The quantitative estimate of drug-likeness (QED) is 0.0857. The number of hydrogen-bond acceptors (Lipinski definition) is 23. The van der Waals surface area contributed by atoms with Crippen LogP contribution in [0.25, 0.3) is 0 Å². The second-order valence-corrected chi connectivity index (χ2v) is 36.0. The zero-order chi connectivity index (χ0) is 80.4. The first-order valence-corrected chi connectivity index (χ1v) is 39.7. The molecule has 3 saturated carbocycles. The number of esters is 10. The van der Waals surface area contributed by atoms with E-state index in [1.54, 1.807) is 21.0 Å². The van der Waals surface area contributed by atoms with Gasteiger partial charge in [0.15, 0.2) is 18.3 Å². The molecule has 23 nitrogen and oxygen atoms in total. The molecule has 2 spiro atoms. The molecular weight excluding hydrogens is 1360 g/mol. The second-order valence-electron chi connectivity index (χ2n) is 36.0. The van der Waals surface area contributed by atoms with E-state index in [9.17, 15) is 47.9 Å². The molecule has 13 unspecified atom stereocenters. The van der Waals surface area contributed by atoms with E-state index in [-0.39, 0.29) is 103 Å². The van der Waals surface area contributed by atoms with Gasteiger partial charge in [0.05, 0.1) is 46.2 Å².